The van der Waals surface area contributed by atoms with Crippen molar-refractivity contribution in [1.29, 1.82) is 0 Å². The molecule has 1 aromatic carbocycles. The fraction of sp³-hybridized carbons (Fsp3) is 0.571. The monoisotopic (exact) mass is 221 g/mol. The molecule has 1 rings (SSSR count). The summed E-state index contributed by atoms with van der Waals surface area (Å²) in [6.45, 7) is 8.79. The Morgan fingerprint density at radius 2 is 1.94 bits per heavy atom. The third kappa shape index (κ3) is 4.23. The standard InChI is InChI=1S/C14H23NO/c1-11(2)9-15-10-12(3)13-6-5-7-14(8-13)16-4/h5-8,11-12,15H,9-10H2,1-4H3. The number of rotatable bonds is 6. The highest BCUT2D eigenvalue weighted by Gasteiger charge is 2.06. The molecule has 0 aromatic heterocycles. The van der Waals surface area contributed by atoms with Crippen LogP contribution in [0.1, 0.15) is 32.3 Å². The molecular formula is C14H23NO. The van der Waals surface area contributed by atoms with Crippen molar-refractivity contribution in [3.05, 3.63) is 29.8 Å². The number of benzene rings is 1. The molecular weight excluding hydrogens is 198 g/mol. The first-order valence-corrected chi connectivity index (χ1v) is 5.98. The second-order valence-corrected chi connectivity index (χ2v) is 4.73. The molecule has 1 atom stereocenters. The Morgan fingerprint density at radius 1 is 1.19 bits per heavy atom. The smallest absolute Gasteiger partial charge is 0.119 e. The minimum Gasteiger partial charge on any atom is -0.497 e. The third-order valence-electron chi connectivity index (χ3n) is 2.67. The van der Waals surface area contributed by atoms with Gasteiger partial charge in [-0.05, 0) is 36.1 Å². The van der Waals surface area contributed by atoms with E-state index in [1.54, 1.807) is 7.11 Å². The maximum Gasteiger partial charge on any atom is 0.119 e. The Bertz CT molecular complexity index is 309. The molecule has 0 saturated heterocycles. The first-order valence-electron chi connectivity index (χ1n) is 5.98. The zero-order chi connectivity index (χ0) is 12.0. The van der Waals surface area contributed by atoms with Gasteiger partial charge in [0.1, 0.15) is 5.75 Å². The van der Waals surface area contributed by atoms with Crippen LogP contribution < -0.4 is 10.1 Å². The van der Waals surface area contributed by atoms with Gasteiger partial charge in [0.2, 0.25) is 0 Å². The van der Waals surface area contributed by atoms with Gasteiger partial charge in [0.25, 0.3) is 0 Å². The Kier molecular flexibility index (Phi) is 5.33. The molecule has 0 saturated carbocycles. The van der Waals surface area contributed by atoms with Crippen molar-refractivity contribution in [2.75, 3.05) is 20.2 Å². The summed E-state index contributed by atoms with van der Waals surface area (Å²) in [7, 11) is 1.71. The topological polar surface area (TPSA) is 21.3 Å². The average Bonchev–Trinajstić information content (AvgIpc) is 2.28. The SMILES string of the molecule is COc1cccc(C(C)CNCC(C)C)c1. The number of hydrogen-bond donors (Lipinski definition) is 1. The summed E-state index contributed by atoms with van der Waals surface area (Å²) >= 11 is 0. The summed E-state index contributed by atoms with van der Waals surface area (Å²) < 4.78 is 5.23. The quantitative estimate of drug-likeness (QED) is 0.797. The molecule has 1 unspecified atom stereocenters. The molecule has 0 amide bonds. The van der Waals surface area contributed by atoms with Gasteiger partial charge in [-0.1, -0.05) is 32.9 Å². The fourth-order valence-electron chi connectivity index (χ4n) is 1.65. The van der Waals surface area contributed by atoms with Crippen molar-refractivity contribution in [1.82, 2.24) is 5.32 Å². The number of ether oxygens (including phenoxy) is 1. The maximum absolute atomic E-state index is 5.23. The molecule has 2 heteroatoms. The van der Waals surface area contributed by atoms with E-state index in [0.29, 0.717) is 11.8 Å². The van der Waals surface area contributed by atoms with E-state index in [-0.39, 0.29) is 0 Å². The van der Waals surface area contributed by atoms with Gasteiger partial charge in [0.05, 0.1) is 7.11 Å². The van der Waals surface area contributed by atoms with Crippen LogP contribution in [0.4, 0.5) is 0 Å². The van der Waals surface area contributed by atoms with Crippen LogP contribution in [0.15, 0.2) is 24.3 Å². The van der Waals surface area contributed by atoms with Gasteiger partial charge in [-0.15, -0.1) is 0 Å². The zero-order valence-corrected chi connectivity index (χ0v) is 10.8. The van der Waals surface area contributed by atoms with Crippen molar-refractivity contribution >= 4 is 0 Å². The molecule has 2 nitrogen and oxygen atoms in total. The molecule has 0 fully saturated rings. The van der Waals surface area contributed by atoms with E-state index < -0.39 is 0 Å². The van der Waals surface area contributed by atoms with Crippen molar-refractivity contribution in [3.63, 3.8) is 0 Å². The van der Waals surface area contributed by atoms with Gasteiger partial charge >= 0.3 is 0 Å². The lowest BCUT2D eigenvalue weighted by Crippen LogP contribution is -2.24. The second kappa shape index (κ2) is 6.54. The highest BCUT2D eigenvalue weighted by atomic mass is 16.5. The first kappa shape index (κ1) is 13.0. The second-order valence-electron chi connectivity index (χ2n) is 4.73. The molecule has 0 bridgehead atoms. The molecule has 0 aliphatic heterocycles. The summed E-state index contributed by atoms with van der Waals surface area (Å²) in [4.78, 5) is 0. The molecule has 0 radical (unpaired) electrons. The van der Waals surface area contributed by atoms with Crippen LogP contribution >= 0.6 is 0 Å². The largest absolute Gasteiger partial charge is 0.497 e. The minimum atomic E-state index is 0.522. The first-order chi connectivity index (χ1) is 7.63. The number of nitrogens with one attached hydrogen (secondary N) is 1. The Hall–Kier alpha value is -1.02. The molecule has 90 valence electrons. The summed E-state index contributed by atoms with van der Waals surface area (Å²) in [5.41, 5.74) is 1.33. The van der Waals surface area contributed by atoms with Crippen LogP contribution in [0.25, 0.3) is 0 Å². The van der Waals surface area contributed by atoms with Gasteiger partial charge in [0.15, 0.2) is 0 Å². The van der Waals surface area contributed by atoms with Crippen molar-refractivity contribution < 1.29 is 4.74 Å². The molecule has 1 aromatic rings. The third-order valence-corrected chi connectivity index (χ3v) is 2.67. The molecule has 0 aliphatic rings. The molecule has 1 N–H and O–H groups in total. The van der Waals surface area contributed by atoms with Crippen LogP contribution in [0.3, 0.4) is 0 Å². The lowest BCUT2D eigenvalue weighted by Gasteiger charge is -2.15. The summed E-state index contributed by atoms with van der Waals surface area (Å²) in [6.07, 6.45) is 0. The van der Waals surface area contributed by atoms with E-state index in [2.05, 4.69) is 38.2 Å². The van der Waals surface area contributed by atoms with Gasteiger partial charge in [0, 0.05) is 6.54 Å². The van der Waals surface area contributed by atoms with Crippen LogP contribution in [-0.2, 0) is 0 Å². The molecule has 16 heavy (non-hydrogen) atoms. The fourth-order valence-corrected chi connectivity index (χ4v) is 1.65. The molecule has 0 aliphatic carbocycles. The van der Waals surface area contributed by atoms with Crippen LogP contribution in [0.5, 0.6) is 5.75 Å². The molecule has 0 heterocycles. The highest BCUT2D eigenvalue weighted by molar-refractivity contribution is 5.30. The lowest BCUT2D eigenvalue weighted by molar-refractivity contribution is 0.413. The van der Waals surface area contributed by atoms with E-state index in [0.717, 1.165) is 18.8 Å². The van der Waals surface area contributed by atoms with Gasteiger partial charge in [-0.3, -0.25) is 0 Å². The highest BCUT2D eigenvalue weighted by Crippen LogP contribution is 2.19. The van der Waals surface area contributed by atoms with E-state index in [1.165, 1.54) is 5.56 Å². The Morgan fingerprint density at radius 3 is 2.56 bits per heavy atom. The van der Waals surface area contributed by atoms with Crippen molar-refractivity contribution in [3.8, 4) is 5.75 Å². The van der Waals surface area contributed by atoms with E-state index in [1.807, 2.05) is 12.1 Å². The van der Waals surface area contributed by atoms with E-state index in [9.17, 15) is 0 Å². The summed E-state index contributed by atoms with van der Waals surface area (Å²) in [5, 5.41) is 3.48. The van der Waals surface area contributed by atoms with Gasteiger partial charge < -0.3 is 10.1 Å². The number of methoxy groups -OCH3 is 1. The maximum atomic E-state index is 5.23. The number of hydrogen-bond acceptors (Lipinski definition) is 2. The average molecular weight is 221 g/mol. The zero-order valence-electron chi connectivity index (χ0n) is 10.8. The lowest BCUT2D eigenvalue weighted by atomic mass is 10.0. The predicted octanol–water partition coefficient (Wildman–Crippen LogP) is 3.04. The Labute approximate surface area is 99.0 Å². The van der Waals surface area contributed by atoms with Crippen molar-refractivity contribution in [2.45, 2.75) is 26.7 Å². The van der Waals surface area contributed by atoms with Crippen LogP contribution in [0, 0.1) is 5.92 Å². The van der Waals surface area contributed by atoms with Gasteiger partial charge in [-0.25, -0.2) is 0 Å². The minimum absolute atomic E-state index is 0.522. The normalized spacial score (nSPS) is 12.8. The van der Waals surface area contributed by atoms with Crippen LogP contribution in [0.2, 0.25) is 0 Å². The predicted molar refractivity (Wildman–Crippen MR) is 69.1 cm³/mol. The van der Waals surface area contributed by atoms with Gasteiger partial charge in [-0.2, -0.15) is 0 Å². The summed E-state index contributed by atoms with van der Waals surface area (Å²) in [6, 6.07) is 8.30. The summed E-state index contributed by atoms with van der Waals surface area (Å²) in [5.74, 6) is 2.17. The van der Waals surface area contributed by atoms with Crippen LogP contribution in [-0.4, -0.2) is 20.2 Å². The van der Waals surface area contributed by atoms with E-state index >= 15 is 0 Å². The van der Waals surface area contributed by atoms with E-state index in [4.69, 9.17) is 4.74 Å². The Balaban J connectivity index is 2.48. The van der Waals surface area contributed by atoms with Crippen molar-refractivity contribution in [2.24, 2.45) is 5.92 Å². The molecule has 0 spiro atoms.